The van der Waals surface area contributed by atoms with E-state index in [1.165, 1.54) is 25.7 Å². The lowest BCUT2D eigenvalue weighted by Gasteiger charge is -2.23. The van der Waals surface area contributed by atoms with Gasteiger partial charge in [0.05, 0.1) is 5.60 Å². The van der Waals surface area contributed by atoms with Gasteiger partial charge in [0.15, 0.2) is 0 Å². The van der Waals surface area contributed by atoms with Crippen LogP contribution < -0.4 is 5.32 Å². The lowest BCUT2D eigenvalue weighted by atomic mass is 10.1. The number of rotatable bonds is 7. The van der Waals surface area contributed by atoms with E-state index < -0.39 is 5.60 Å². The van der Waals surface area contributed by atoms with E-state index in [2.05, 4.69) is 10.2 Å². The lowest BCUT2D eigenvalue weighted by molar-refractivity contribution is -0.122. The summed E-state index contributed by atoms with van der Waals surface area (Å²) in [6, 6.07) is 0.395. The molecule has 1 aliphatic carbocycles. The zero-order chi connectivity index (χ0) is 15.0. The average molecular weight is 284 g/mol. The fraction of sp³-hybridized carbons (Fsp3) is 0.938. The van der Waals surface area contributed by atoms with Crippen LogP contribution in [0.2, 0.25) is 0 Å². The number of hydrogen-bond donors (Lipinski definition) is 2. The Morgan fingerprint density at radius 2 is 1.80 bits per heavy atom. The minimum Gasteiger partial charge on any atom is -0.390 e. The van der Waals surface area contributed by atoms with Crippen LogP contribution in [0.15, 0.2) is 0 Å². The summed E-state index contributed by atoms with van der Waals surface area (Å²) in [5.41, 5.74) is -0.628. The van der Waals surface area contributed by atoms with Crippen LogP contribution in [0.1, 0.15) is 65.2 Å². The molecule has 0 unspecified atom stereocenters. The summed E-state index contributed by atoms with van der Waals surface area (Å²) in [5, 5.41) is 12.9. The van der Waals surface area contributed by atoms with Crippen molar-refractivity contribution in [3.63, 3.8) is 0 Å². The van der Waals surface area contributed by atoms with Gasteiger partial charge in [-0.3, -0.25) is 4.79 Å². The van der Waals surface area contributed by atoms with E-state index in [1.54, 1.807) is 0 Å². The highest BCUT2D eigenvalue weighted by atomic mass is 16.3. The summed E-state index contributed by atoms with van der Waals surface area (Å²) in [7, 11) is 2.00. The molecule has 0 aliphatic heterocycles. The molecule has 2 N–H and O–H groups in total. The molecule has 118 valence electrons. The van der Waals surface area contributed by atoms with Crippen LogP contribution in [0.25, 0.3) is 0 Å². The number of carbonyl (C=O) groups excluding carboxylic acids is 1. The van der Waals surface area contributed by atoms with Gasteiger partial charge in [0, 0.05) is 25.6 Å². The van der Waals surface area contributed by atoms with Crippen molar-refractivity contribution in [2.75, 3.05) is 20.1 Å². The van der Waals surface area contributed by atoms with Gasteiger partial charge in [-0.05, 0) is 40.2 Å². The van der Waals surface area contributed by atoms with Crippen molar-refractivity contribution < 1.29 is 9.90 Å². The van der Waals surface area contributed by atoms with Crippen molar-refractivity contribution in [2.45, 2.75) is 76.9 Å². The number of amides is 1. The molecule has 0 aromatic heterocycles. The van der Waals surface area contributed by atoms with Crippen molar-refractivity contribution in [3.8, 4) is 0 Å². The molecule has 0 bridgehead atoms. The minimum absolute atomic E-state index is 0.173. The van der Waals surface area contributed by atoms with Crippen molar-refractivity contribution in [2.24, 2.45) is 0 Å². The van der Waals surface area contributed by atoms with E-state index in [-0.39, 0.29) is 5.91 Å². The third-order valence-corrected chi connectivity index (χ3v) is 4.05. The van der Waals surface area contributed by atoms with Crippen molar-refractivity contribution in [1.82, 2.24) is 10.2 Å². The van der Waals surface area contributed by atoms with Gasteiger partial charge >= 0.3 is 0 Å². The monoisotopic (exact) mass is 284 g/mol. The molecule has 20 heavy (non-hydrogen) atoms. The van der Waals surface area contributed by atoms with Crippen LogP contribution in [0.5, 0.6) is 0 Å². The molecule has 1 fully saturated rings. The third-order valence-electron chi connectivity index (χ3n) is 4.05. The molecule has 0 aromatic rings. The zero-order valence-electron chi connectivity index (χ0n) is 13.5. The van der Waals surface area contributed by atoms with Gasteiger partial charge in [-0.25, -0.2) is 0 Å². The average Bonchev–Trinajstić information content (AvgIpc) is 2.61. The molecule has 1 aliphatic rings. The van der Waals surface area contributed by atoms with Crippen LogP contribution in [0, 0.1) is 0 Å². The molecule has 0 aromatic carbocycles. The van der Waals surface area contributed by atoms with Gasteiger partial charge < -0.3 is 15.3 Å². The first-order chi connectivity index (χ1) is 9.37. The molecule has 0 atom stereocenters. The summed E-state index contributed by atoms with van der Waals surface area (Å²) in [6.45, 7) is 5.22. The van der Waals surface area contributed by atoms with E-state index in [0.29, 0.717) is 12.5 Å². The first-order valence-corrected chi connectivity index (χ1v) is 8.07. The first kappa shape index (κ1) is 17.4. The van der Waals surface area contributed by atoms with E-state index in [9.17, 15) is 9.90 Å². The highest BCUT2D eigenvalue weighted by Crippen LogP contribution is 2.17. The van der Waals surface area contributed by atoms with E-state index in [0.717, 1.165) is 32.4 Å². The van der Waals surface area contributed by atoms with E-state index in [1.807, 2.05) is 20.9 Å². The molecule has 1 saturated carbocycles. The van der Waals surface area contributed by atoms with Crippen LogP contribution in [0.4, 0.5) is 0 Å². The quantitative estimate of drug-likeness (QED) is 0.705. The maximum absolute atomic E-state index is 11.9. The van der Waals surface area contributed by atoms with Crippen molar-refractivity contribution in [3.05, 3.63) is 0 Å². The Kier molecular flexibility index (Phi) is 7.52. The topological polar surface area (TPSA) is 52.6 Å². The highest BCUT2D eigenvalue weighted by Gasteiger charge is 2.16. The van der Waals surface area contributed by atoms with Gasteiger partial charge in [0.1, 0.15) is 0 Å². The molecular formula is C16H32N2O2. The van der Waals surface area contributed by atoms with Gasteiger partial charge in [-0.15, -0.1) is 0 Å². The highest BCUT2D eigenvalue weighted by molar-refractivity contribution is 5.76. The van der Waals surface area contributed by atoms with E-state index in [4.69, 9.17) is 0 Å². The van der Waals surface area contributed by atoms with Crippen LogP contribution in [0.3, 0.4) is 0 Å². The van der Waals surface area contributed by atoms with Crippen molar-refractivity contribution in [1.29, 1.82) is 0 Å². The Morgan fingerprint density at radius 1 is 1.20 bits per heavy atom. The van der Waals surface area contributed by atoms with E-state index >= 15 is 0 Å². The van der Waals surface area contributed by atoms with Crippen LogP contribution in [-0.4, -0.2) is 47.7 Å². The molecule has 4 heteroatoms. The minimum atomic E-state index is -0.628. The summed E-state index contributed by atoms with van der Waals surface area (Å²) in [6.07, 6.45) is 8.68. The number of carbonyl (C=O) groups is 1. The summed E-state index contributed by atoms with van der Waals surface area (Å²) >= 11 is 0. The molecule has 0 radical (unpaired) electrons. The van der Waals surface area contributed by atoms with Gasteiger partial charge in [0.2, 0.25) is 5.91 Å². The van der Waals surface area contributed by atoms with Crippen molar-refractivity contribution >= 4 is 5.91 Å². The standard InChI is InChI=1S/C16H32N2O2/c1-16(2,20)11-13-18(3)12-10-15(19)17-14-8-6-4-5-7-9-14/h14,20H,4-13H2,1-3H3,(H,17,19). The summed E-state index contributed by atoms with van der Waals surface area (Å²) < 4.78 is 0. The molecule has 0 spiro atoms. The smallest absolute Gasteiger partial charge is 0.221 e. The maximum Gasteiger partial charge on any atom is 0.221 e. The molecule has 4 nitrogen and oxygen atoms in total. The van der Waals surface area contributed by atoms with Gasteiger partial charge in [-0.2, -0.15) is 0 Å². The fourth-order valence-electron chi connectivity index (χ4n) is 2.59. The Labute approximate surface area is 123 Å². The van der Waals surface area contributed by atoms with Crippen LogP contribution in [-0.2, 0) is 4.79 Å². The second-order valence-corrected chi connectivity index (χ2v) is 6.87. The Bertz CT molecular complexity index is 279. The largest absolute Gasteiger partial charge is 0.390 e. The SMILES string of the molecule is CN(CCC(=O)NC1CCCCCC1)CCC(C)(C)O. The number of nitrogens with one attached hydrogen (secondary N) is 1. The second kappa shape index (κ2) is 8.63. The molecule has 1 rings (SSSR count). The normalized spacial score (nSPS) is 18.1. The zero-order valence-corrected chi connectivity index (χ0v) is 13.5. The molecule has 0 saturated heterocycles. The predicted molar refractivity (Wildman–Crippen MR) is 82.7 cm³/mol. The van der Waals surface area contributed by atoms with Gasteiger partial charge in [-0.1, -0.05) is 25.7 Å². The second-order valence-electron chi connectivity index (χ2n) is 6.87. The predicted octanol–water partition coefficient (Wildman–Crippen LogP) is 2.31. The first-order valence-electron chi connectivity index (χ1n) is 8.07. The van der Waals surface area contributed by atoms with Gasteiger partial charge in [0.25, 0.3) is 0 Å². The summed E-state index contributed by atoms with van der Waals surface area (Å²) in [4.78, 5) is 14.1. The Balaban J connectivity index is 2.15. The third kappa shape index (κ3) is 8.54. The van der Waals surface area contributed by atoms with Crippen LogP contribution >= 0.6 is 0 Å². The summed E-state index contributed by atoms with van der Waals surface area (Å²) in [5.74, 6) is 0.173. The maximum atomic E-state index is 11.9. The number of aliphatic hydroxyl groups is 1. The Morgan fingerprint density at radius 3 is 2.35 bits per heavy atom. The number of nitrogens with zero attached hydrogens (tertiary/aromatic N) is 1. The molecule has 0 heterocycles. The fourth-order valence-corrected chi connectivity index (χ4v) is 2.59. The molecular weight excluding hydrogens is 252 g/mol. The Hall–Kier alpha value is -0.610. The molecule has 1 amide bonds. The number of hydrogen-bond acceptors (Lipinski definition) is 3. The lowest BCUT2D eigenvalue weighted by Crippen LogP contribution is -2.37.